The molecule has 0 spiro atoms. The lowest BCUT2D eigenvalue weighted by Gasteiger charge is -2.10. The van der Waals surface area contributed by atoms with Gasteiger partial charge in [0.1, 0.15) is 12.1 Å². The summed E-state index contributed by atoms with van der Waals surface area (Å²) >= 11 is 0. The van der Waals surface area contributed by atoms with Crippen molar-refractivity contribution >= 4 is 26.8 Å². The van der Waals surface area contributed by atoms with Crippen molar-refractivity contribution in [1.29, 1.82) is 0 Å². The van der Waals surface area contributed by atoms with Crippen molar-refractivity contribution in [3.05, 3.63) is 83.9 Å². The van der Waals surface area contributed by atoms with E-state index in [1.165, 1.54) is 24.5 Å². The Kier molecular flexibility index (Phi) is 4.67. The average Bonchev–Trinajstić information content (AvgIpc) is 3.43. The molecule has 0 saturated heterocycles. The van der Waals surface area contributed by atoms with Crippen LogP contribution >= 0.6 is 0 Å². The predicted molar refractivity (Wildman–Crippen MR) is 113 cm³/mol. The lowest BCUT2D eigenvalue weighted by Crippen LogP contribution is -2.12. The van der Waals surface area contributed by atoms with Crippen molar-refractivity contribution in [1.82, 2.24) is 24.7 Å². The van der Waals surface area contributed by atoms with E-state index in [0.717, 1.165) is 0 Å². The van der Waals surface area contributed by atoms with Crippen LogP contribution in [-0.2, 0) is 10.0 Å². The Morgan fingerprint density at radius 3 is 2.69 bits per heavy atom. The van der Waals surface area contributed by atoms with Crippen LogP contribution in [0.2, 0.25) is 0 Å². The number of nitrogens with one attached hydrogen (secondary N) is 2. The van der Waals surface area contributed by atoms with E-state index in [2.05, 4.69) is 24.8 Å². The summed E-state index contributed by atoms with van der Waals surface area (Å²) in [6.45, 7) is 0. The van der Waals surface area contributed by atoms with Gasteiger partial charge >= 0.3 is 5.76 Å². The fourth-order valence-electron chi connectivity index (χ4n) is 2.94. The van der Waals surface area contributed by atoms with Crippen LogP contribution in [0.4, 0.5) is 5.69 Å². The molecule has 160 valence electrons. The maximum Gasteiger partial charge on any atom is 0.417 e. The molecule has 0 aliphatic carbocycles. The first-order valence-corrected chi connectivity index (χ1v) is 10.7. The number of hydrogen-bond donors (Lipinski definition) is 2. The van der Waals surface area contributed by atoms with Crippen LogP contribution in [0.1, 0.15) is 0 Å². The van der Waals surface area contributed by atoms with E-state index in [1.807, 2.05) is 0 Å². The Bertz CT molecular complexity index is 1560. The van der Waals surface area contributed by atoms with Crippen molar-refractivity contribution < 1.29 is 17.6 Å². The Labute approximate surface area is 180 Å². The number of benzene rings is 2. The molecule has 0 amide bonds. The van der Waals surface area contributed by atoms with Crippen LogP contribution < -0.4 is 15.2 Å². The molecule has 0 aliphatic rings. The van der Waals surface area contributed by atoms with Gasteiger partial charge in [0.15, 0.2) is 11.4 Å². The van der Waals surface area contributed by atoms with Crippen LogP contribution in [0.3, 0.4) is 0 Å². The van der Waals surface area contributed by atoms with Gasteiger partial charge in [-0.3, -0.25) is 9.71 Å². The highest BCUT2D eigenvalue weighted by Gasteiger charge is 2.16. The molecule has 0 aliphatic heterocycles. The van der Waals surface area contributed by atoms with Gasteiger partial charge in [-0.05, 0) is 48.5 Å². The van der Waals surface area contributed by atoms with Crippen LogP contribution in [0.25, 0.3) is 16.9 Å². The Hall–Kier alpha value is -4.45. The number of sulfonamides is 1. The summed E-state index contributed by atoms with van der Waals surface area (Å²) in [5, 5.41) is 4.11. The fourth-order valence-corrected chi connectivity index (χ4v) is 4.02. The Balaban J connectivity index is 1.32. The molecule has 3 heterocycles. The number of nitrogens with zero attached hydrogens (tertiary/aromatic N) is 4. The lowest BCUT2D eigenvalue weighted by atomic mass is 10.3. The zero-order valence-corrected chi connectivity index (χ0v) is 17.0. The molecule has 0 fully saturated rings. The minimum absolute atomic E-state index is 0.0190. The number of aromatic amines is 1. The monoisotopic (exact) mass is 450 g/mol. The van der Waals surface area contributed by atoms with Gasteiger partial charge in [-0.25, -0.2) is 27.9 Å². The highest BCUT2D eigenvalue weighted by molar-refractivity contribution is 7.92. The molecule has 5 rings (SSSR count). The summed E-state index contributed by atoms with van der Waals surface area (Å²) in [5.41, 5.74) is 0.898. The maximum absolute atomic E-state index is 12.7. The number of anilines is 1. The molecule has 32 heavy (non-hydrogen) atoms. The van der Waals surface area contributed by atoms with Gasteiger partial charge in [-0.2, -0.15) is 5.10 Å². The van der Waals surface area contributed by atoms with E-state index in [1.54, 1.807) is 53.5 Å². The highest BCUT2D eigenvalue weighted by atomic mass is 32.2. The molecule has 12 heteroatoms. The van der Waals surface area contributed by atoms with Crippen molar-refractivity contribution in [3.63, 3.8) is 0 Å². The van der Waals surface area contributed by atoms with Crippen LogP contribution in [0, 0.1) is 0 Å². The molecule has 0 atom stereocenters. The summed E-state index contributed by atoms with van der Waals surface area (Å²) in [4.78, 5) is 21.9. The molecule has 2 N–H and O–H groups in total. The summed E-state index contributed by atoms with van der Waals surface area (Å²) in [7, 11) is -3.88. The van der Waals surface area contributed by atoms with E-state index in [0.29, 0.717) is 28.7 Å². The smallest absolute Gasteiger partial charge is 0.417 e. The Morgan fingerprint density at radius 1 is 1.06 bits per heavy atom. The van der Waals surface area contributed by atoms with Gasteiger partial charge in [-0.15, -0.1) is 0 Å². The molecule has 5 aromatic rings. The maximum atomic E-state index is 12.7. The van der Waals surface area contributed by atoms with Crippen LogP contribution in [0.5, 0.6) is 11.6 Å². The first kappa shape index (κ1) is 19.5. The van der Waals surface area contributed by atoms with Crippen molar-refractivity contribution in [2.45, 2.75) is 4.90 Å². The number of aromatic nitrogens is 5. The second kappa shape index (κ2) is 7.67. The summed E-state index contributed by atoms with van der Waals surface area (Å²) in [6, 6.07) is 13.8. The minimum Gasteiger partial charge on any atom is -0.439 e. The van der Waals surface area contributed by atoms with Crippen LogP contribution in [0.15, 0.2) is 87.4 Å². The van der Waals surface area contributed by atoms with Gasteiger partial charge < -0.3 is 9.15 Å². The zero-order valence-electron chi connectivity index (χ0n) is 16.2. The Morgan fingerprint density at radius 2 is 1.91 bits per heavy atom. The van der Waals surface area contributed by atoms with Gasteiger partial charge in [0.2, 0.25) is 5.88 Å². The SMILES string of the molecule is O=c1[nH]c2cc(S(=O)(=O)Nc3ccc(Oc4cc(-n5cccn5)ncn4)cc3)ccc2o1. The molecule has 0 radical (unpaired) electrons. The lowest BCUT2D eigenvalue weighted by molar-refractivity contribution is 0.460. The zero-order chi connectivity index (χ0) is 22.1. The second-order valence-corrected chi connectivity index (χ2v) is 8.25. The molecule has 2 aromatic carbocycles. The molecular formula is C20H14N6O5S. The van der Waals surface area contributed by atoms with E-state index >= 15 is 0 Å². The van der Waals surface area contributed by atoms with Crippen molar-refractivity contribution in [3.8, 4) is 17.4 Å². The number of fused-ring (bicyclic) bond motifs is 1. The molecule has 0 unspecified atom stereocenters. The van der Waals surface area contributed by atoms with E-state index in [-0.39, 0.29) is 10.5 Å². The quantitative estimate of drug-likeness (QED) is 0.402. The number of H-pyrrole nitrogens is 1. The van der Waals surface area contributed by atoms with Crippen LogP contribution in [-0.4, -0.2) is 33.2 Å². The topological polar surface area (TPSA) is 145 Å². The van der Waals surface area contributed by atoms with Gasteiger partial charge in [0.25, 0.3) is 10.0 Å². The second-order valence-electron chi connectivity index (χ2n) is 6.57. The fraction of sp³-hybridized carbons (Fsp3) is 0. The summed E-state index contributed by atoms with van der Waals surface area (Å²) in [5.74, 6) is 0.649. The van der Waals surface area contributed by atoms with Gasteiger partial charge in [-0.1, -0.05) is 0 Å². The number of hydrogen-bond acceptors (Lipinski definition) is 8. The minimum atomic E-state index is -3.88. The third kappa shape index (κ3) is 3.94. The largest absolute Gasteiger partial charge is 0.439 e. The summed E-state index contributed by atoms with van der Waals surface area (Å²) < 4.78 is 40.0. The van der Waals surface area contributed by atoms with Crippen molar-refractivity contribution in [2.75, 3.05) is 4.72 Å². The average molecular weight is 450 g/mol. The van der Waals surface area contributed by atoms with Gasteiger partial charge in [0.05, 0.1) is 10.4 Å². The number of ether oxygens (including phenoxy) is 1. The summed E-state index contributed by atoms with van der Waals surface area (Å²) in [6.07, 6.45) is 4.74. The predicted octanol–water partition coefficient (Wildman–Crippen LogP) is 2.69. The van der Waals surface area contributed by atoms with E-state index in [9.17, 15) is 13.2 Å². The number of rotatable bonds is 6. The third-order valence-electron chi connectivity index (χ3n) is 4.40. The van der Waals surface area contributed by atoms with E-state index < -0.39 is 15.8 Å². The van der Waals surface area contributed by atoms with Gasteiger partial charge in [0, 0.05) is 24.1 Å². The van der Waals surface area contributed by atoms with E-state index in [4.69, 9.17) is 9.15 Å². The molecular weight excluding hydrogens is 436 g/mol. The standard InChI is InChI=1S/C20H14N6O5S/c27-20-24-16-10-15(6-7-17(16)31-20)32(28,29)25-13-2-4-14(5-3-13)30-19-11-18(21-12-22-19)26-9-1-8-23-26/h1-12,25H,(H,24,27). The number of oxazole rings is 1. The molecule has 0 saturated carbocycles. The molecule has 0 bridgehead atoms. The molecule has 3 aromatic heterocycles. The van der Waals surface area contributed by atoms with Crippen molar-refractivity contribution in [2.24, 2.45) is 0 Å². The highest BCUT2D eigenvalue weighted by Crippen LogP contribution is 2.24. The molecule has 11 nitrogen and oxygen atoms in total. The first-order chi connectivity index (χ1) is 15.5. The third-order valence-corrected chi connectivity index (χ3v) is 5.78. The normalized spacial score (nSPS) is 11.5. The first-order valence-electron chi connectivity index (χ1n) is 9.22.